The largest absolute Gasteiger partial charge is 0.503 e. The SMILES string of the molecule is O=c1cc(COC2CCCCC2)n(-c2cccc(-c3cncc4ccccc34)c2)cc1O. The molecule has 1 aliphatic rings. The van der Waals surface area contributed by atoms with Crippen molar-refractivity contribution in [1.82, 2.24) is 9.55 Å². The summed E-state index contributed by atoms with van der Waals surface area (Å²) in [6.07, 6.45) is 11.2. The summed E-state index contributed by atoms with van der Waals surface area (Å²) in [5.74, 6) is -0.274. The second-order valence-electron chi connectivity index (χ2n) is 8.41. The van der Waals surface area contributed by atoms with E-state index in [1.807, 2.05) is 47.3 Å². The molecule has 0 aliphatic heterocycles. The summed E-state index contributed by atoms with van der Waals surface area (Å²) in [5, 5.41) is 12.4. The molecule has 0 spiro atoms. The fourth-order valence-electron chi connectivity index (χ4n) is 4.52. The minimum atomic E-state index is -0.391. The van der Waals surface area contributed by atoms with Gasteiger partial charge in [0.2, 0.25) is 5.43 Å². The Morgan fingerprint density at radius 3 is 2.72 bits per heavy atom. The molecular formula is C27H26N2O3. The second kappa shape index (κ2) is 8.97. The zero-order chi connectivity index (χ0) is 21.9. The fourth-order valence-corrected chi connectivity index (χ4v) is 4.52. The number of ether oxygens (including phenoxy) is 1. The predicted molar refractivity (Wildman–Crippen MR) is 126 cm³/mol. The molecule has 1 aliphatic carbocycles. The van der Waals surface area contributed by atoms with Gasteiger partial charge in [0.1, 0.15) is 0 Å². The standard InChI is InChI=1S/C27H26N2O3/c30-26-14-22(18-32-23-10-2-1-3-11-23)29(17-27(26)31)21-9-6-8-19(13-21)25-16-28-15-20-7-4-5-12-24(20)25/h4-9,12-17,23,31H,1-3,10-11,18H2. The zero-order valence-corrected chi connectivity index (χ0v) is 17.9. The van der Waals surface area contributed by atoms with Crippen molar-refractivity contribution in [3.8, 4) is 22.6 Å². The summed E-state index contributed by atoms with van der Waals surface area (Å²) >= 11 is 0. The third kappa shape index (κ3) is 4.16. The summed E-state index contributed by atoms with van der Waals surface area (Å²) in [5.41, 5.74) is 3.25. The Balaban J connectivity index is 1.53. The molecule has 162 valence electrons. The van der Waals surface area contributed by atoms with Crippen molar-refractivity contribution >= 4 is 10.8 Å². The van der Waals surface area contributed by atoms with Gasteiger partial charge in [-0.15, -0.1) is 0 Å². The highest BCUT2D eigenvalue weighted by Crippen LogP contribution is 2.29. The number of aromatic hydroxyl groups is 1. The van der Waals surface area contributed by atoms with E-state index >= 15 is 0 Å². The van der Waals surface area contributed by atoms with E-state index in [1.165, 1.54) is 31.5 Å². The quantitative estimate of drug-likeness (QED) is 0.451. The van der Waals surface area contributed by atoms with Crippen LogP contribution in [0.2, 0.25) is 0 Å². The van der Waals surface area contributed by atoms with Crippen molar-refractivity contribution in [2.45, 2.75) is 44.8 Å². The van der Waals surface area contributed by atoms with Crippen molar-refractivity contribution < 1.29 is 9.84 Å². The first kappa shape index (κ1) is 20.5. The number of hydrogen-bond acceptors (Lipinski definition) is 4. The Labute approximate surface area is 186 Å². The Kier molecular flexibility index (Phi) is 5.73. The lowest BCUT2D eigenvalue weighted by Gasteiger charge is -2.23. The predicted octanol–water partition coefficient (Wildman–Crippen LogP) is 5.61. The van der Waals surface area contributed by atoms with Crippen molar-refractivity contribution in [3.05, 3.63) is 89.1 Å². The lowest BCUT2D eigenvalue weighted by molar-refractivity contribution is 0.0144. The van der Waals surface area contributed by atoms with Gasteiger partial charge >= 0.3 is 0 Å². The minimum absolute atomic E-state index is 0.231. The Morgan fingerprint density at radius 2 is 1.84 bits per heavy atom. The van der Waals surface area contributed by atoms with Gasteiger partial charge < -0.3 is 14.4 Å². The molecule has 5 heteroatoms. The highest BCUT2D eigenvalue weighted by atomic mass is 16.5. The molecule has 2 heterocycles. The third-order valence-corrected chi connectivity index (χ3v) is 6.23. The van der Waals surface area contributed by atoms with Crippen LogP contribution in [0, 0.1) is 0 Å². The van der Waals surface area contributed by atoms with Gasteiger partial charge in [0.05, 0.1) is 24.6 Å². The van der Waals surface area contributed by atoms with Crippen LogP contribution < -0.4 is 5.43 Å². The van der Waals surface area contributed by atoms with E-state index in [9.17, 15) is 9.90 Å². The van der Waals surface area contributed by atoms with Crippen LogP contribution >= 0.6 is 0 Å². The van der Waals surface area contributed by atoms with Gasteiger partial charge in [-0.2, -0.15) is 0 Å². The first-order chi connectivity index (χ1) is 15.7. The molecule has 4 aromatic rings. The molecule has 2 aromatic heterocycles. The molecule has 1 saturated carbocycles. The number of aromatic nitrogens is 2. The monoisotopic (exact) mass is 426 g/mol. The molecule has 0 atom stereocenters. The van der Waals surface area contributed by atoms with Crippen LogP contribution in [0.5, 0.6) is 5.75 Å². The number of fused-ring (bicyclic) bond motifs is 1. The van der Waals surface area contributed by atoms with E-state index in [4.69, 9.17) is 4.74 Å². The maximum absolute atomic E-state index is 12.2. The summed E-state index contributed by atoms with van der Waals surface area (Å²) in [6.45, 7) is 0.334. The molecular weight excluding hydrogens is 400 g/mol. The van der Waals surface area contributed by atoms with Crippen LogP contribution in [0.3, 0.4) is 0 Å². The summed E-state index contributed by atoms with van der Waals surface area (Å²) in [4.78, 5) is 16.6. The Morgan fingerprint density at radius 1 is 1.00 bits per heavy atom. The van der Waals surface area contributed by atoms with Crippen LogP contribution in [-0.4, -0.2) is 20.8 Å². The van der Waals surface area contributed by atoms with E-state index in [0.29, 0.717) is 6.61 Å². The number of pyridine rings is 2. The molecule has 2 aromatic carbocycles. The third-order valence-electron chi connectivity index (χ3n) is 6.23. The highest BCUT2D eigenvalue weighted by Gasteiger charge is 2.16. The molecule has 0 radical (unpaired) electrons. The fraction of sp³-hybridized carbons (Fsp3) is 0.259. The van der Waals surface area contributed by atoms with Gasteiger partial charge in [-0.3, -0.25) is 9.78 Å². The van der Waals surface area contributed by atoms with Crippen LogP contribution in [0.25, 0.3) is 27.6 Å². The molecule has 32 heavy (non-hydrogen) atoms. The number of benzene rings is 2. The smallest absolute Gasteiger partial charge is 0.223 e. The molecule has 0 saturated heterocycles. The zero-order valence-electron chi connectivity index (χ0n) is 17.9. The maximum atomic E-state index is 12.2. The van der Waals surface area contributed by atoms with Crippen molar-refractivity contribution in [1.29, 1.82) is 0 Å². The Hall–Kier alpha value is -3.44. The van der Waals surface area contributed by atoms with Crippen molar-refractivity contribution in [2.75, 3.05) is 0 Å². The second-order valence-corrected chi connectivity index (χ2v) is 8.41. The van der Waals surface area contributed by atoms with E-state index in [0.717, 1.165) is 46.1 Å². The molecule has 5 nitrogen and oxygen atoms in total. The van der Waals surface area contributed by atoms with Gasteiger partial charge in [-0.1, -0.05) is 55.7 Å². The van der Waals surface area contributed by atoms with Gasteiger partial charge in [-0.25, -0.2) is 0 Å². The Bertz CT molecular complexity index is 1300. The van der Waals surface area contributed by atoms with E-state index in [1.54, 1.807) is 0 Å². The van der Waals surface area contributed by atoms with Crippen LogP contribution in [0.4, 0.5) is 0 Å². The first-order valence-corrected chi connectivity index (χ1v) is 11.2. The average molecular weight is 427 g/mol. The lowest BCUT2D eigenvalue weighted by atomic mass is 9.98. The minimum Gasteiger partial charge on any atom is -0.503 e. The molecule has 1 N–H and O–H groups in total. The normalized spacial score (nSPS) is 14.6. The van der Waals surface area contributed by atoms with E-state index < -0.39 is 5.43 Å². The summed E-state index contributed by atoms with van der Waals surface area (Å²) in [7, 11) is 0. The van der Waals surface area contributed by atoms with E-state index in [2.05, 4.69) is 23.2 Å². The molecule has 1 fully saturated rings. The van der Waals surface area contributed by atoms with Crippen LogP contribution in [0.1, 0.15) is 37.8 Å². The molecule has 5 rings (SSSR count). The topological polar surface area (TPSA) is 64.4 Å². The maximum Gasteiger partial charge on any atom is 0.223 e. The molecule has 0 bridgehead atoms. The summed E-state index contributed by atoms with van der Waals surface area (Å²) in [6, 6.07) is 17.7. The molecule has 0 amide bonds. The van der Waals surface area contributed by atoms with E-state index in [-0.39, 0.29) is 11.9 Å². The first-order valence-electron chi connectivity index (χ1n) is 11.2. The average Bonchev–Trinajstić information content (AvgIpc) is 2.85. The number of rotatable bonds is 5. The van der Waals surface area contributed by atoms with Crippen molar-refractivity contribution in [2.24, 2.45) is 0 Å². The van der Waals surface area contributed by atoms with Crippen LogP contribution in [0.15, 0.2) is 78.0 Å². The van der Waals surface area contributed by atoms with Gasteiger partial charge in [0.15, 0.2) is 5.75 Å². The molecule has 0 unspecified atom stereocenters. The summed E-state index contributed by atoms with van der Waals surface area (Å²) < 4.78 is 8.00. The number of nitrogens with zero attached hydrogens (tertiary/aromatic N) is 2. The van der Waals surface area contributed by atoms with Crippen LogP contribution in [-0.2, 0) is 11.3 Å². The lowest BCUT2D eigenvalue weighted by Crippen LogP contribution is -2.19. The van der Waals surface area contributed by atoms with Gasteiger partial charge in [0, 0.05) is 35.1 Å². The van der Waals surface area contributed by atoms with Crippen molar-refractivity contribution in [3.63, 3.8) is 0 Å². The van der Waals surface area contributed by atoms with Gasteiger partial charge in [0.25, 0.3) is 0 Å². The van der Waals surface area contributed by atoms with Gasteiger partial charge in [-0.05, 0) is 35.9 Å². The highest BCUT2D eigenvalue weighted by molar-refractivity contribution is 5.95. The number of hydrogen-bond donors (Lipinski definition) is 1.